The van der Waals surface area contributed by atoms with Gasteiger partial charge in [0.1, 0.15) is 5.03 Å². The zero-order chi connectivity index (χ0) is 11.3. The van der Waals surface area contributed by atoms with Crippen LogP contribution in [0.3, 0.4) is 0 Å². The van der Waals surface area contributed by atoms with E-state index in [4.69, 9.17) is 0 Å². The van der Waals surface area contributed by atoms with E-state index in [1.165, 1.54) is 6.42 Å². The van der Waals surface area contributed by atoms with Gasteiger partial charge in [0.05, 0.1) is 0 Å². The second-order valence-electron chi connectivity index (χ2n) is 3.95. The number of thioether (sulfide) groups is 1. The van der Waals surface area contributed by atoms with Crippen LogP contribution in [0.25, 0.3) is 0 Å². The molecule has 0 saturated carbocycles. The largest absolute Gasteiger partial charge is 0.357 e. The van der Waals surface area contributed by atoms with Crippen molar-refractivity contribution in [2.45, 2.75) is 32.2 Å². The normalized spacial score (nSPS) is 10.7. The second kappa shape index (κ2) is 5.95. The molecule has 0 aromatic carbocycles. The Morgan fingerprint density at radius 2 is 2.13 bits per heavy atom. The highest BCUT2D eigenvalue weighted by molar-refractivity contribution is 7.99. The Bertz CT molecular complexity index is 313. The molecule has 0 unspecified atom stereocenters. The molecule has 1 N–H and O–H groups in total. The fourth-order valence-corrected chi connectivity index (χ4v) is 2.33. The van der Waals surface area contributed by atoms with E-state index >= 15 is 0 Å². The van der Waals surface area contributed by atoms with Crippen molar-refractivity contribution < 1.29 is 0 Å². The van der Waals surface area contributed by atoms with Crippen molar-refractivity contribution >= 4 is 17.7 Å². The highest BCUT2D eigenvalue weighted by atomic mass is 32.2. The van der Waals surface area contributed by atoms with Gasteiger partial charge in [-0.05, 0) is 31.1 Å². The number of aryl methyl sites for hydroxylation is 1. The quantitative estimate of drug-likeness (QED) is 0.617. The molecule has 3 nitrogen and oxygen atoms in total. The number of nitrogens with zero attached hydrogens (tertiary/aromatic N) is 2. The van der Waals surface area contributed by atoms with Gasteiger partial charge in [0.15, 0.2) is 0 Å². The maximum Gasteiger partial charge on any atom is 0.223 e. The van der Waals surface area contributed by atoms with Crippen molar-refractivity contribution in [1.82, 2.24) is 9.97 Å². The van der Waals surface area contributed by atoms with Crippen LogP contribution in [0.2, 0.25) is 0 Å². The Balaban J connectivity index is 2.56. The van der Waals surface area contributed by atoms with Crippen LogP contribution in [0.4, 0.5) is 5.95 Å². The summed E-state index contributed by atoms with van der Waals surface area (Å²) in [6.07, 6.45) is 1.22. The molecule has 0 atom stereocenters. The van der Waals surface area contributed by atoms with E-state index in [-0.39, 0.29) is 0 Å². The van der Waals surface area contributed by atoms with E-state index in [0.717, 1.165) is 22.4 Å². The van der Waals surface area contributed by atoms with Gasteiger partial charge in [0.2, 0.25) is 5.95 Å². The molecule has 1 aromatic heterocycles. The summed E-state index contributed by atoms with van der Waals surface area (Å²) in [6.45, 7) is 6.48. The Kier molecular flexibility index (Phi) is 4.88. The van der Waals surface area contributed by atoms with Gasteiger partial charge in [-0.1, -0.05) is 13.8 Å². The van der Waals surface area contributed by atoms with E-state index in [1.807, 2.05) is 20.0 Å². The standard InChI is InChI=1S/C11H19N3S/c1-8(2)5-6-15-10-7-9(3)13-11(12-4)14-10/h7-8H,5-6H2,1-4H3,(H,12,13,14). The van der Waals surface area contributed by atoms with Crippen LogP contribution >= 0.6 is 11.8 Å². The molecular weight excluding hydrogens is 206 g/mol. The predicted molar refractivity (Wildman–Crippen MR) is 66.5 cm³/mol. The highest BCUT2D eigenvalue weighted by Gasteiger charge is 2.02. The molecule has 4 heteroatoms. The number of nitrogens with one attached hydrogen (secondary N) is 1. The van der Waals surface area contributed by atoms with Gasteiger partial charge in [0.25, 0.3) is 0 Å². The van der Waals surface area contributed by atoms with Crippen molar-refractivity contribution in [2.24, 2.45) is 5.92 Å². The average molecular weight is 225 g/mol. The van der Waals surface area contributed by atoms with Crippen molar-refractivity contribution in [1.29, 1.82) is 0 Å². The average Bonchev–Trinajstić information content (AvgIpc) is 2.16. The molecule has 84 valence electrons. The number of aromatic nitrogens is 2. The minimum Gasteiger partial charge on any atom is -0.357 e. The predicted octanol–water partition coefficient (Wildman–Crippen LogP) is 2.96. The van der Waals surface area contributed by atoms with Gasteiger partial charge in [-0.2, -0.15) is 0 Å². The van der Waals surface area contributed by atoms with Gasteiger partial charge >= 0.3 is 0 Å². The summed E-state index contributed by atoms with van der Waals surface area (Å²) in [7, 11) is 1.84. The Morgan fingerprint density at radius 1 is 1.40 bits per heavy atom. The monoisotopic (exact) mass is 225 g/mol. The van der Waals surface area contributed by atoms with Crippen LogP contribution in [0.5, 0.6) is 0 Å². The number of hydrogen-bond acceptors (Lipinski definition) is 4. The van der Waals surface area contributed by atoms with Gasteiger partial charge < -0.3 is 5.32 Å². The molecule has 0 aliphatic rings. The van der Waals surface area contributed by atoms with Crippen LogP contribution in [0.15, 0.2) is 11.1 Å². The molecule has 1 aromatic rings. The van der Waals surface area contributed by atoms with Gasteiger partial charge in [-0.15, -0.1) is 11.8 Å². The zero-order valence-electron chi connectivity index (χ0n) is 9.87. The van der Waals surface area contributed by atoms with E-state index in [9.17, 15) is 0 Å². The molecule has 1 rings (SSSR count). The van der Waals surface area contributed by atoms with Crippen LogP contribution in [-0.4, -0.2) is 22.8 Å². The Morgan fingerprint density at radius 3 is 2.73 bits per heavy atom. The maximum absolute atomic E-state index is 4.39. The summed E-state index contributed by atoms with van der Waals surface area (Å²) in [4.78, 5) is 8.65. The van der Waals surface area contributed by atoms with Crippen LogP contribution in [0.1, 0.15) is 26.0 Å². The third-order valence-electron chi connectivity index (χ3n) is 2.00. The van der Waals surface area contributed by atoms with E-state index in [1.54, 1.807) is 11.8 Å². The third kappa shape index (κ3) is 4.51. The number of hydrogen-bond donors (Lipinski definition) is 1. The summed E-state index contributed by atoms with van der Waals surface area (Å²) >= 11 is 1.80. The van der Waals surface area contributed by atoms with Gasteiger partial charge in [-0.25, -0.2) is 9.97 Å². The van der Waals surface area contributed by atoms with Crippen molar-refractivity contribution in [2.75, 3.05) is 18.1 Å². The summed E-state index contributed by atoms with van der Waals surface area (Å²) in [5.74, 6) is 2.59. The summed E-state index contributed by atoms with van der Waals surface area (Å²) in [5, 5.41) is 4.03. The first-order valence-electron chi connectivity index (χ1n) is 5.28. The van der Waals surface area contributed by atoms with Crippen LogP contribution < -0.4 is 5.32 Å². The fraction of sp³-hybridized carbons (Fsp3) is 0.636. The molecular formula is C11H19N3S. The van der Waals surface area contributed by atoms with Crippen molar-refractivity contribution in [3.05, 3.63) is 11.8 Å². The van der Waals surface area contributed by atoms with E-state index in [2.05, 4.69) is 29.1 Å². The highest BCUT2D eigenvalue weighted by Crippen LogP contribution is 2.20. The third-order valence-corrected chi connectivity index (χ3v) is 2.94. The molecule has 0 bridgehead atoms. The summed E-state index contributed by atoms with van der Waals surface area (Å²) < 4.78 is 0. The second-order valence-corrected chi connectivity index (χ2v) is 5.07. The smallest absolute Gasteiger partial charge is 0.223 e. The van der Waals surface area contributed by atoms with E-state index < -0.39 is 0 Å². The zero-order valence-corrected chi connectivity index (χ0v) is 10.7. The molecule has 0 spiro atoms. The first kappa shape index (κ1) is 12.3. The summed E-state index contributed by atoms with van der Waals surface area (Å²) in [5.41, 5.74) is 1.02. The molecule has 0 radical (unpaired) electrons. The first-order chi connectivity index (χ1) is 7.11. The fourth-order valence-electron chi connectivity index (χ4n) is 1.12. The van der Waals surface area contributed by atoms with Crippen LogP contribution in [0, 0.1) is 12.8 Å². The lowest BCUT2D eigenvalue weighted by atomic mass is 10.2. The van der Waals surface area contributed by atoms with Gasteiger partial charge in [0, 0.05) is 12.7 Å². The number of anilines is 1. The van der Waals surface area contributed by atoms with Gasteiger partial charge in [-0.3, -0.25) is 0 Å². The Labute approximate surface area is 96.1 Å². The first-order valence-corrected chi connectivity index (χ1v) is 6.26. The minimum absolute atomic E-state index is 0.710. The molecule has 0 saturated heterocycles. The molecule has 1 heterocycles. The van der Waals surface area contributed by atoms with Crippen LogP contribution in [-0.2, 0) is 0 Å². The molecule has 0 aliphatic heterocycles. The SMILES string of the molecule is CNc1nc(C)cc(SCCC(C)C)n1. The molecule has 15 heavy (non-hydrogen) atoms. The molecule has 0 fully saturated rings. The summed E-state index contributed by atoms with van der Waals surface area (Å²) in [6, 6.07) is 2.03. The lowest BCUT2D eigenvalue weighted by molar-refractivity contribution is 0.632. The molecule has 0 aliphatic carbocycles. The van der Waals surface area contributed by atoms with Crippen molar-refractivity contribution in [3.63, 3.8) is 0 Å². The molecule has 0 amide bonds. The lowest BCUT2D eigenvalue weighted by Crippen LogP contribution is -1.99. The lowest BCUT2D eigenvalue weighted by Gasteiger charge is -2.06. The van der Waals surface area contributed by atoms with E-state index in [0.29, 0.717) is 5.95 Å². The maximum atomic E-state index is 4.39. The Hall–Kier alpha value is -0.770. The minimum atomic E-state index is 0.710. The topological polar surface area (TPSA) is 37.8 Å². The van der Waals surface area contributed by atoms with Crippen molar-refractivity contribution in [3.8, 4) is 0 Å². The number of rotatable bonds is 5.